The van der Waals surface area contributed by atoms with Gasteiger partial charge in [0.15, 0.2) is 5.65 Å². The van der Waals surface area contributed by atoms with E-state index in [1.54, 1.807) is 22.9 Å². The number of nitrogens with two attached hydrogens (primary N) is 1. The van der Waals surface area contributed by atoms with Gasteiger partial charge in [-0.1, -0.05) is 0 Å². The number of carbonyl (C=O) groups excluding carboxylic acids is 3. The molecule has 4 N–H and O–H groups in total. The molecule has 2 aliphatic rings. The normalized spacial score (nSPS) is 17.7. The molecule has 12 nitrogen and oxygen atoms in total. The molecule has 3 aromatic rings. The number of nitrogens with one attached hydrogen (secondary N) is 2. The minimum absolute atomic E-state index is 0.0327. The number of anilines is 3. The van der Waals surface area contributed by atoms with Gasteiger partial charge in [0.1, 0.15) is 36.8 Å². The van der Waals surface area contributed by atoms with E-state index in [1.807, 2.05) is 0 Å². The summed E-state index contributed by atoms with van der Waals surface area (Å²) >= 11 is 0. The maximum absolute atomic E-state index is 14.2. The first-order valence-corrected chi connectivity index (χ1v) is 11.1. The van der Waals surface area contributed by atoms with E-state index >= 15 is 0 Å². The molecule has 1 saturated heterocycles. The van der Waals surface area contributed by atoms with Gasteiger partial charge in [0.05, 0.1) is 11.4 Å². The molecule has 0 bridgehead atoms. The van der Waals surface area contributed by atoms with Crippen molar-refractivity contribution in [1.82, 2.24) is 24.3 Å². The van der Waals surface area contributed by atoms with Crippen LogP contribution in [0.1, 0.15) is 43.4 Å². The van der Waals surface area contributed by atoms with Gasteiger partial charge < -0.3 is 20.8 Å². The summed E-state index contributed by atoms with van der Waals surface area (Å²) in [6, 6.07) is 2.56. The number of alkyl halides is 1. The molecule has 35 heavy (non-hydrogen) atoms. The number of aromatic nitrogens is 4. The maximum atomic E-state index is 14.2. The predicted molar refractivity (Wildman–Crippen MR) is 124 cm³/mol. The summed E-state index contributed by atoms with van der Waals surface area (Å²) in [6.07, 6.45) is 4.10. The number of rotatable bonds is 7. The summed E-state index contributed by atoms with van der Waals surface area (Å²) in [6.45, 7) is 1.21. The Balaban J connectivity index is 1.43. The molecule has 0 spiro atoms. The SMILES string of the molecule is CC(F)c1cc(N2CC(=O)N(C)C2=O)c2nc([C@@H](N)Nc3cc(NC(=O)C4CC4)ncn3)cn2c1. The number of likely N-dealkylation sites (N-methyl/N-ethyl adjacent to an activating group) is 1. The molecular weight excluding hydrogens is 457 g/mol. The van der Waals surface area contributed by atoms with Gasteiger partial charge in [-0.3, -0.25) is 19.4 Å². The second kappa shape index (κ2) is 8.58. The summed E-state index contributed by atoms with van der Waals surface area (Å²) in [5.41, 5.74) is 7.68. The molecule has 4 heterocycles. The largest absolute Gasteiger partial charge is 0.349 e. The van der Waals surface area contributed by atoms with Crippen LogP contribution in [0, 0.1) is 5.92 Å². The molecule has 3 aromatic heterocycles. The average Bonchev–Trinajstić information content (AvgIpc) is 3.54. The third-order valence-corrected chi connectivity index (χ3v) is 6.00. The molecule has 0 radical (unpaired) electrons. The molecule has 0 aromatic carbocycles. The van der Waals surface area contributed by atoms with Crippen molar-refractivity contribution in [3.63, 3.8) is 0 Å². The number of imide groups is 1. The molecule has 2 atom stereocenters. The van der Waals surface area contributed by atoms with Crippen LogP contribution in [0.25, 0.3) is 5.65 Å². The minimum atomic E-state index is -1.31. The minimum Gasteiger partial charge on any atom is -0.349 e. The molecule has 1 aliphatic heterocycles. The molecular formula is C22H24FN9O3. The standard InChI is InChI=1S/C22H24FN9O3/c1-11(23)13-5-15(32-9-18(33)30(2)22(32)35)20-27-14(8-31(20)7-13)19(24)28-16-6-17(26-10-25-16)29-21(34)12-3-4-12/h5-8,10-12,19H,3-4,9,24H2,1-2H3,(H2,25,26,28,29,34)/t11?,19-/m0/s1. The second-order valence-corrected chi connectivity index (χ2v) is 8.67. The molecule has 1 unspecified atom stereocenters. The van der Waals surface area contributed by atoms with E-state index in [-0.39, 0.29) is 24.3 Å². The van der Waals surface area contributed by atoms with Gasteiger partial charge in [0.25, 0.3) is 0 Å². The number of halogens is 1. The summed E-state index contributed by atoms with van der Waals surface area (Å²) in [5.74, 6) is 0.309. The average molecular weight is 481 g/mol. The fraction of sp³-hybridized carbons (Fsp3) is 0.364. The zero-order valence-corrected chi connectivity index (χ0v) is 19.1. The Bertz CT molecular complexity index is 1340. The van der Waals surface area contributed by atoms with Gasteiger partial charge in [-0.05, 0) is 25.8 Å². The third kappa shape index (κ3) is 4.37. The molecule has 2 fully saturated rings. The van der Waals surface area contributed by atoms with Crippen LogP contribution in [0.3, 0.4) is 0 Å². The summed E-state index contributed by atoms with van der Waals surface area (Å²) < 4.78 is 15.8. The number of amides is 4. The fourth-order valence-corrected chi connectivity index (χ4v) is 3.78. The highest BCUT2D eigenvalue weighted by Crippen LogP contribution is 2.31. The Kier molecular flexibility index (Phi) is 5.55. The lowest BCUT2D eigenvalue weighted by molar-refractivity contribution is -0.124. The highest BCUT2D eigenvalue weighted by atomic mass is 19.1. The van der Waals surface area contributed by atoms with Crippen LogP contribution in [0.2, 0.25) is 0 Å². The van der Waals surface area contributed by atoms with Gasteiger partial charge in [-0.15, -0.1) is 0 Å². The van der Waals surface area contributed by atoms with E-state index in [0.717, 1.165) is 17.7 Å². The van der Waals surface area contributed by atoms with Crippen LogP contribution in [-0.2, 0) is 9.59 Å². The maximum Gasteiger partial charge on any atom is 0.331 e. The Morgan fingerprint density at radius 1 is 1.20 bits per heavy atom. The smallest absolute Gasteiger partial charge is 0.331 e. The van der Waals surface area contributed by atoms with Gasteiger partial charge in [0, 0.05) is 37.0 Å². The molecule has 1 saturated carbocycles. The van der Waals surface area contributed by atoms with E-state index < -0.39 is 18.4 Å². The first-order chi connectivity index (χ1) is 16.7. The quantitative estimate of drug-likeness (QED) is 0.342. The number of fused-ring (bicyclic) bond motifs is 1. The van der Waals surface area contributed by atoms with E-state index in [0.29, 0.717) is 34.2 Å². The van der Waals surface area contributed by atoms with Crippen molar-refractivity contribution in [1.29, 1.82) is 0 Å². The highest BCUT2D eigenvalue weighted by molar-refractivity contribution is 6.13. The summed E-state index contributed by atoms with van der Waals surface area (Å²) in [4.78, 5) is 51.7. The Labute approximate surface area is 199 Å². The first kappa shape index (κ1) is 22.7. The van der Waals surface area contributed by atoms with E-state index in [9.17, 15) is 18.8 Å². The van der Waals surface area contributed by atoms with E-state index in [1.165, 1.54) is 31.3 Å². The number of hydrogen-bond donors (Lipinski definition) is 3. The van der Waals surface area contributed by atoms with Crippen LogP contribution >= 0.6 is 0 Å². The van der Waals surface area contributed by atoms with E-state index in [2.05, 4.69) is 25.6 Å². The zero-order chi connectivity index (χ0) is 24.9. The first-order valence-electron chi connectivity index (χ1n) is 11.1. The van der Waals surface area contributed by atoms with Crippen LogP contribution in [0.15, 0.2) is 30.9 Å². The van der Waals surface area contributed by atoms with Crippen LogP contribution in [0.4, 0.5) is 26.5 Å². The van der Waals surface area contributed by atoms with Crippen molar-refractivity contribution in [2.45, 2.75) is 32.1 Å². The monoisotopic (exact) mass is 481 g/mol. The van der Waals surface area contributed by atoms with Crippen LogP contribution in [-0.4, -0.2) is 55.7 Å². The number of nitrogens with zero attached hydrogens (tertiary/aromatic N) is 6. The van der Waals surface area contributed by atoms with Crippen molar-refractivity contribution in [2.75, 3.05) is 29.1 Å². The van der Waals surface area contributed by atoms with Gasteiger partial charge in [0.2, 0.25) is 11.8 Å². The van der Waals surface area contributed by atoms with Crippen molar-refractivity contribution < 1.29 is 18.8 Å². The second-order valence-electron chi connectivity index (χ2n) is 8.67. The molecule has 5 rings (SSSR count). The molecule has 1 aliphatic carbocycles. The highest BCUT2D eigenvalue weighted by Gasteiger charge is 2.36. The number of carbonyl (C=O) groups is 3. The number of urea groups is 1. The fourth-order valence-electron chi connectivity index (χ4n) is 3.78. The number of pyridine rings is 1. The van der Waals surface area contributed by atoms with Crippen LogP contribution < -0.4 is 21.3 Å². The van der Waals surface area contributed by atoms with Crippen molar-refractivity contribution in [2.24, 2.45) is 11.7 Å². The third-order valence-electron chi connectivity index (χ3n) is 6.00. The Morgan fingerprint density at radius 3 is 2.60 bits per heavy atom. The Hall–Kier alpha value is -4.13. The topological polar surface area (TPSA) is 151 Å². The van der Waals surface area contributed by atoms with Crippen molar-refractivity contribution in [3.05, 3.63) is 42.1 Å². The number of hydrogen-bond acceptors (Lipinski definition) is 8. The van der Waals surface area contributed by atoms with Crippen LogP contribution in [0.5, 0.6) is 0 Å². The van der Waals surface area contributed by atoms with Gasteiger partial charge in [-0.2, -0.15) is 0 Å². The zero-order valence-electron chi connectivity index (χ0n) is 19.1. The summed E-state index contributed by atoms with van der Waals surface area (Å²) in [5, 5.41) is 5.76. The van der Waals surface area contributed by atoms with Crippen molar-refractivity contribution in [3.8, 4) is 0 Å². The molecule has 13 heteroatoms. The lowest BCUT2D eigenvalue weighted by Gasteiger charge is -2.17. The molecule has 182 valence electrons. The lowest BCUT2D eigenvalue weighted by Crippen LogP contribution is -2.30. The molecule has 4 amide bonds. The Morgan fingerprint density at radius 2 is 1.94 bits per heavy atom. The predicted octanol–water partition coefficient (Wildman–Crippen LogP) is 1.97. The lowest BCUT2D eigenvalue weighted by atomic mass is 10.2. The van der Waals surface area contributed by atoms with E-state index in [4.69, 9.17) is 5.73 Å². The van der Waals surface area contributed by atoms with Gasteiger partial charge in [-0.25, -0.2) is 24.1 Å². The van der Waals surface area contributed by atoms with Gasteiger partial charge >= 0.3 is 6.03 Å². The summed E-state index contributed by atoms with van der Waals surface area (Å²) in [7, 11) is 1.39. The number of imidazole rings is 1. The van der Waals surface area contributed by atoms with Crippen molar-refractivity contribution >= 4 is 40.8 Å².